The highest BCUT2D eigenvalue weighted by Gasteiger charge is 2.50. The van der Waals surface area contributed by atoms with Crippen molar-refractivity contribution in [3.63, 3.8) is 0 Å². The molecule has 6 rings (SSSR count). The van der Waals surface area contributed by atoms with Crippen LogP contribution in [0.25, 0.3) is 0 Å². The van der Waals surface area contributed by atoms with Crippen LogP contribution >= 0.6 is 11.6 Å². The molecule has 32 heavy (non-hydrogen) atoms. The molecule has 4 atom stereocenters. The third kappa shape index (κ3) is 3.32. The highest BCUT2D eigenvalue weighted by molar-refractivity contribution is 6.30. The maximum atomic E-state index is 12.7. The Morgan fingerprint density at radius 3 is 2.91 bits per heavy atom. The molecule has 0 aromatic heterocycles. The van der Waals surface area contributed by atoms with Crippen molar-refractivity contribution < 1.29 is 28.8 Å². The first kappa shape index (κ1) is 19.9. The summed E-state index contributed by atoms with van der Waals surface area (Å²) in [6.45, 7) is 1.63. The van der Waals surface area contributed by atoms with Crippen molar-refractivity contribution in [1.29, 1.82) is 0 Å². The Morgan fingerprint density at radius 1 is 1.22 bits per heavy atom. The van der Waals surface area contributed by atoms with Crippen molar-refractivity contribution in [2.75, 3.05) is 19.9 Å². The van der Waals surface area contributed by atoms with E-state index in [2.05, 4.69) is 4.90 Å². The Bertz CT molecular complexity index is 1120. The number of aliphatic hydroxyl groups excluding tert-OH is 1. The van der Waals surface area contributed by atoms with E-state index in [1.165, 1.54) is 5.57 Å². The fourth-order valence-corrected chi connectivity index (χ4v) is 5.54. The standard InChI is InChI=1S/C24H22ClNO6/c25-15-2-1-3-16(8-15)29-11-21(28)32-24-18(27)6-13-4-5-26-10-14-7-19-20(31-12-30-19)9-17(14)22(24)23(13)26/h1-3,6-9,18,22-24,27H,4-5,10-12H2. The molecule has 166 valence electrons. The van der Waals surface area contributed by atoms with Gasteiger partial charge in [0.2, 0.25) is 6.79 Å². The molecular formula is C24H22ClNO6. The Kier molecular flexibility index (Phi) is 4.78. The van der Waals surface area contributed by atoms with Crippen LogP contribution in [0.2, 0.25) is 5.02 Å². The van der Waals surface area contributed by atoms with Gasteiger partial charge in [-0.2, -0.15) is 0 Å². The van der Waals surface area contributed by atoms with Crippen molar-refractivity contribution in [1.82, 2.24) is 4.90 Å². The van der Waals surface area contributed by atoms with Crippen LogP contribution < -0.4 is 14.2 Å². The van der Waals surface area contributed by atoms with E-state index in [1.807, 2.05) is 18.2 Å². The molecular weight excluding hydrogens is 434 g/mol. The smallest absolute Gasteiger partial charge is 0.344 e. The van der Waals surface area contributed by atoms with E-state index < -0.39 is 18.2 Å². The van der Waals surface area contributed by atoms with Crippen molar-refractivity contribution >= 4 is 17.6 Å². The minimum Gasteiger partial charge on any atom is -0.482 e. The van der Waals surface area contributed by atoms with Gasteiger partial charge in [-0.15, -0.1) is 0 Å². The van der Waals surface area contributed by atoms with Crippen LogP contribution in [0.15, 0.2) is 48.0 Å². The molecule has 0 amide bonds. The number of aliphatic hydroxyl groups is 1. The highest BCUT2D eigenvalue weighted by atomic mass is 35.5. The lowest BCUT2D eigenvalue weighted by Crippen LogP contribution is -2.51. The second-order valence-corrected chi connectivity index (χ2v) is 8.96. The Hall–Kier alpha value is -2.74. The van der Waals surface area contributed by atoms with E-state index in [0.717, 1.165) is 36.4 Å². The summed E-state index contributed by atoms with van der Waals surface area (Å²) in [6.07, 6.45) is 1.14. The van der Waals surface area contributed by atoms with E-state index in [0.29, 0.717) is 16.5 Å². The van der Waals surface area contributed by atoms with Gasteiger partial charge in [-0.1, -0.05) is 29.3 Å². The third-order valence-corrected chi connectivity index (χ3v) is 6.90. The van der Waals surface area contributed by atoms with E-state index in [4.69, 9.17) is 30.5 Å². The fraction of sp³-hybridized carbons (Fsp3) is 0.375. The molecule has 1 aliphatic carbocycles. The Morgan fingerprint density at radius 2 is 2.06 bits per heavy atom. The van der Waals surface area contributed by atoms with Crippen LogP contribution in [-0.4, -0.2) is 54.2 Å². The van der Waals surface area contributed by atoms with Gasteiger partial charge in [-0.05, 0) is 47.9 Å². The molecule has 2 aromatic carbocycles. The number of carbonyl (C=O) groups excluding carboxylic acids is 1. The highest BCUT2D eigenvalue weighted by Crippen LogP contribution is 2.50. The summed E-state index contributed by atoms with van der Waals surface area (Å²) in [5, 5.41) is 11.5. The molecule has 1 saturated heterocycles. The first-order valence-corrected chi connectivity index (χ1v) is 11.1. The molecule has 8 heteroatoms. The first-order chi connectivity index (χ1) is 15.6. The molecule has 0 bridgehead atoms. The zero-order valence-electron chi connectivity index (χ0n) is 17.2. The number of esters is 1. The maximum absolute atomic E-state index is 12.7. The number of halogens is 1. The summed E-state index contributed by atoms with van der Waals surface area (Å²) in [5.74, 6) is 1.18. The molecule has 7 nitrogen and oxygen atoms in total. The van der Waals surface area contributed by atoms with Crippen LogP contribution in [0.4, 0.5) is 0 Å². The average molecular weight is 456 g/mol. The average Bonchev–Trinajstić information content (AvgIpc) is 3.40. The lowest BCUT2D eigenvalue weighted by Gasteiger charge is -2.45. The number of fused-ring (bicyclic) bond motifs is 3. The summed E-state index contributed by atoms with van der Waals surface area (Å²) in [6, 6.07) is 10.9. The summed E-state index contributed by atoms with van der Waals surface area (Å²) in [4.78, 5) is 15.1. The van der Waals surface area contributed by atoms with E-state index >= 15 is 0 Å². The number of ether oxygens (including phenoxy) is 4. The van der Waals surface area contributed by atoms with E-state index in [-0.39, 0.29) is 25.4 Å². The SMILES string of the molecule is O=C(COc1cccc(Cl)c1)OC1C(O)C=C2CCN3Cc4cc5c(cc4C1C23)OCO5. The number of hydrogen-bond acceptors (Lipinski definition) is 7. The van der Waals surface area contributed by atoms with Crippen LogP contribution in [0.1, 0.15) is 23.5 Å². The summed E-state index contributed by atoms with van der Waals surface area (Å²) >= 11 is 5.97. The molecule has 4 unspecified atom stereocenters. The van der Waals surface area contributed by atoms with Crippen molar-refractivity contribution in [2.45, 2.75) is 37.1 Å². The second-order valence-electron chi connectivity index (χ2n) is 8.53. The zero-order valence-corrected chi connectivity index (χ0v) is 18.0. The molecule has 0 spiro atoms. The van der Waals surface area contributed by atoms with Gasteiger partial charge in [-0.25, -0.2) is 4.79 Å². The van der Waals surface area contributed by atoms with Gasteiger partial charge in [0.15, 0.2) is 18.1 Å². The van der Waals surface area contributed by atoms with Crippen LogP contribution in [0.5, 0.6) is 17.2 Å². The molecule has 1 fully saturated rings. The van der Waals surface area contributed by atoms with Gasteiger partial charge in [-0.3, -0.25) is 4.90 Å². The predicted molar refractivity (Wildman–Crippen MR) is 115 cm³/mol. The van der Waals surface area contributed by atoms with Gasteiger partial charge < -0.3 is 24.1 Å². The molecule has 0 radical (unpaired) electrons. The number of nitrogens with zero attached hydrogens (tertiary/aromatic N) is 1. The molecule has 0 saturated carbocycles. The molecule has 3 aliphatic heterocycles. The summed E-state index contributed by atoms with van der Waals surface area (Å²) < 4.78 is 22.5. The Labute approximate surface area is 190 Å². The van der Waals surface area contributed by atoms with Gasteiger partial charge in [0, 0.05) is 30.1 Å². The van der Waals surface area contributed by atoms with Crippen molar-refractivity contribution in [3.8, 4) is 17.2 Å². The zero-order chi connectivity index (χ0) is 21.8. The quantitative estimate of drug-likeness (QED) is 0.561. The number of benzene rings is 2. The molecule has 3 heterocycles. The van der Waals surface area contributed by atoms with Crippen molar-refractivity contribution in [3.05, 3.63) is 64.2 Å². The minimum atomic E-state index is -0.891. The largest absolute Gasteiger partial charge is 0.482 e. The number of rotatable bonds is 4. The minimum absolute atomic E-state index is 0.0953. The lowest BCUT2D eigenvalue weighted by atomic mass is 9.73. The monoisotopic (exact) mass is 455 g/mol. The van der Waals surface area contributed by atoms with Crippen LogP contribution in [-0.2, 0) is 16.1 Å². The van der Waals surface area contributed by atoms with Crippen molar-refractivity contribution in [2.24, 2.45) is 0 Å². The van der Waals surface area contributed by atoms with Gasteiger partial charge in [0.25, 0.3) is 0 Å². The normalized spacial score (nSPS) is 27.4. The lowest BCUT2D eigenvalue weighted by molar-refractivity contribution is -0.159. The van der Waals surface area contributed by atoms with Gasteiger partial charge >= 0.3 is 5.97 Å². The summed E-state index contributed by atoms with van der Waals surface area (Å²) in [5.41, 5.74) is 3.35. The van der Waals surface area contributed by atoms with Crippen LogP contribution in [0.3, 0.4) is 0 Å². The summed E-state index contributed by atoms with van der Waals surface area (Å²) in [7, 11) is 0. The third-order valence-electron chi connectivity index (χ3n) is 6.66. The Balaban J connectivity index is 1.28. The topological polar surface area (TPSA) is 77.5 Å². The second kappa shape index (κ2) is 7.69. The molecule has 2 aromatic rings. The van der Waals surface area contributed by atoms with Gasteiger partial charge in [0.05, 0.1) is 0 Å². The number of hydrogen-bond donors (Lipinski definition) is 1. The predicted octanol–water partition coefficient (Wildman–Crippen LogP) is 3.03. The van der Waals surface area contributed by atoms with Gasteiger partial charge in [0.1, 0.15) is 18.0 Å². The molecule has 1 N–H and O–H groups in total. The van der Waals surface area contributed by atoms with E-state index in [1.54, 1.807) is 24.3 Å². The van der Waals surface area contributed by atoms with Crippen LogP contribution in [0, 0.1) is 0 Å². The first-order valence-electron chi connectivity index (χ1n) is 10.7. The molecule has 4 aliphatic rings. The number of carbonyl (C=O) groups is 1. The fourth-order valence-electron chi connectivity index (χ4n) is 5.36. The maximum Gasteiger partial charge on any atom is 0.344 e. The van der Waals surface area contributed by atoms with E-state index in [9.17, 15) is 9.90 Å².